The number of hydrogen-bond donors (Lipinski definition) is 0. The smallest absolute Gasteiger partial charge is 0.254 e. The van der Waals surface area contributed by atoms with Crippen molar-refractivity contribution < 1.29 is 13.2 Å². The van der Waals surface area contributed by atoms with E-state index in [1.807, 2.05) is 18.7 Å². The number of amides is 1. The molecule has 3 aliphatic rings. The summed E-state index contributed by atoms with van der Waals surface area (Å²) < 4.78 is 28.3. The number of likely N-dealkylation sites (tertiary alicyclic amines) is 2. The molecule has 7 heteroatoms. The maximum absolute atomic E-state index is 13.5. The Morgan fingerprint density at radius 1 is 0.970 bits per heavy atom. The highest BCUT2D eigenvalue weighted by atomic mass is 32.2. The lowest BCUT2D eigenvalue weighted by atomic mass is 9.94. The molecule has 0 bridgehead atoms. The van der Waals surface area contributed by atoms with Crippen molar-refractivity contribution >= 4 is 15.9 Å². The molecule has 3 fully saturated rings. The predicted molar refractivity (Wildman–Crippen MR) is 132 cm³/mol. The molecule has 4 rings (SSSR count). The van der Waals surface area contributed by atoms with Crippen LogP contribution in [0.15, 0.2) is 23.1 Å². The second-order valence-corrected chi connectivity index (χ2v) is 12.6. The van der Waals surface area contributed by atoms with Gasteiger partial charge in [0.05, 0.1) is 4.90 Å². The van der Waals surface area contributed by atoms with Gasteiger partial charge in [-0.3, -0.25) is 4.79 Å². The Balaban J connectivity index is 1.47. The molecule has 1 aromatic carbocycles. The summed E-state index contributed by atoms with van der Waals surface area (Å²) in [4.78, 5) is 18.3. The number of benzene rings is 1. The minimum absolute atomic E-state index is 0.00447. The first kappa shape index (κ1) is 24.7. The van der Waals surface area contributed by atoms with Crippen LogP contribution in [0.2, 0.25) is 0 Å². The second kappa shape index (κ2) is 10.4. The highest BCUT2D eigenvalue weighted by molar-refractivity contribution is 7.89. The lowest BCUT2D eigenvalue weighted by molar-refractivity contribution is 0.0621. The fourth-order valence-electron chi connectivity index (χ4n) is 5.73. The molecule has 0 N–H and O–H groups in total. The lowest BCUT2D eigenvalue weighted by Gasteiger charge is -2.38. The largest absolute Gasteiger partial charge is 0.338 e. The van der Waals surface area contributed by atoms with Gasteiger partial charge in [-0.05, 0) is 95.0 Å². The summed E-state index contributed by atoms with van der Waals surface area (Å²) in [6, 6.07) is 5.10. The van der Waals surface area contributed by atoms with Crippen LogP contribution in [-0.4, -0.2) is 73.7 Å². The van der Waals surface area contributed by atoms with E-state index < -0.39 is 10.0 Å². The molecule has 2 unspecified atom stereocenters. The van der Waals surface area contributed by atoms with Crippen LogP contribution in [0.4, 0.5) is 0 Å². The molecule has 0 spiro atoms. The maximum Gasteiger partial charge on any atom is 0.254 e. The fraction of sp³-hybridized carbons (Fsp3) is 0.731. The van der Waals surface area contributed by atoms with E-state index in [1.165, 1.54) is 25.9 Å². The van der Waals surface area contributed by atoms with Gasteiger partial charge >= 0.3 is 0 Å². The monoisotopic (exact) mass is 475 g/mol. The number of carbonyl (C=O) groups excluding carboxylic acids is 1. The number of piperidine rings is 3. The molecule has 1 aromatic rings. The first-order chi connectivity index (χ1) is 15.8. The molecular formula is C26H41N3O3S. The molecule has 3 heterocycles. The lowest BCUT2D eigenvalue weighted by Crippen LogP contribution is -2.45. The fourth-order valence-corrected chi connectivity index (χ4v) is 7.46. The van der Waals surface area contributed by atoms with Crippen molar-refractivity contribution in [3.63, 3.8) is 0 Å². The number of rotatable bonds is 5. The average Bonchev–Trinajstić information content (AvgIpc) is 2.81. The zero-order chi connectivity index (χ0) is 23.6. The SMILES string of the molecule is Cc1ccc(S(=O)(=O)N2CCCCC2C)cc1C(=O)N1CCCC(CN2CCC(C)CC2)C1. The van der Waals surface area contributed by atoms with Crippen molar-refractivity contribution in [2.24, 2.45) is 11.8 Å². The number of nitrogens with zero attached hydrogens (tertiary/aromatic N) is 3. The Morgan fingerprint density at radius 3 is 2.45 bits per heavy atom. The molecule has 1 amide bonds. The van der Waals surface area contributed by atoms with Gasteiger partial charge in [0.15, 0.2) is 0 Å². The van der Waals surface area contributed by atoms with Crippen LogP contribution in [0.25, 0.3) is 0 Å². The summed E-state index contributed by atoms with van der Waals surface area (Å²) >= 11 is 0. The number of carbonyl (C=O) groups is 1. The van der Waals surface area contributed by atoms with Gasteiger partial charge in [-0.15, -0.1) is 0 Å². The van der Waals surface area contributed by atoms with Gasteiger partial charge in [0.2, 0.25) is 10.0 Å². The summed E-state index contributed by atoms with van der Waals surface area (Å²) in [6.45, 7) is 11.7. The minimum Gasteiger partial charge on any atom is -0.338 e. The molecule has 6 nitrogen and oxygen atoms in total. The van der Waals surface area contributed by atoms with Crippen molar-refractivity contribution in [1.82, 2.24) is 14.1 Å². The second-order valence-electron chi connectivity index (χ2n) is 10.7. The van der Waals surface area contributed by atoms with Crippen molar-refractivity contribution in [3.8, 4) is 0 Å². The zero-order valence-corrected chi connectivity index (χ0v) is 21.4. The molecule has 2 atom stereocenters. The minimum atomic E-state index is -3.59. The van der Waals surface area contributed by atoms with E-state index in [0.717, 1.165) is 63.2 Å². The van der Waals surface area contributed by atoms with Crippen molar-refractivity contribution in [2.45, 2.75) is 76.7 Å². The number of aryl methyl sites for hydroxylation is 1. The summed E-state index contributed by atoms with van der Waals surface area (Å²) in [6.07, 6.45) is 7.57. The normalized spacial score (nSPS) is 26.5. The van der Waals surface area contributed by atoms with Crippen molar-refractivity contribution in [1.29, 1.82) is 0 Å². The molecule has 184 valence electrons. The zero-order valence-electron chi connectivity index (χ0n) is 20.6. The summed E-state index contributed by atoms with van der Waals surface area (Å²) in [7, 11) is -3.59. The quantitative estimate of drug-likeness (QED) is 0.642. The van der Waals surface area contributed by atoms with Crippen LogP contribution in [0.5, 0.6) is 0 Å². The van der Waals surface area contributed by atoms with Crippen LogP contribution >= 0.6 is 0 Å². The van der Waals surface area contributed by atoms with E-state index in [-0.39, 0.29) is 16.8 Å². The number of hydrogen-bond acceptors (Lipinski definition) is 4. The summed E-state index contributed by atoms with van der Waals surface area (Å²) in [5.74, 6) is 1.30. The first-order valence-electron chi connectivity index (χ1n) is 12.9. The Kier molecular flexibility index (Phi) is 7.81. The van der Waals surface area contributed by atoms with E-state index in [0.29, 0.717) is 18.0 Å². The first-order valence-corrected chi connectivity index (χ1v) is 14.3. The average molecular weight is 476 g/mol. The van der Waals surface area contributed by atoms with Crippen LogP contribution < -0.4 is 0 Å². The van der Waals surface area contributed by atoms with Gasteiger partial charge in [0, 0.05) is 37.8 Å². The highest BCUT2D eigenvalue weighted by Gasteiger charge is 2.33. The van der Waals surface area contributed by atoms with Gasteiger partial charge in [-0.2, -0.15) is 4.31 Å². The van der Waals surface area contributed by atoms with Crippen LogP contribution in [-0.2, 0) is 10.0 Å². The molecule has 0 aliphatic carbocycles. The third-order valence-corrected chi connectivity index (χ3v) is 10.00. The molecule has 0 saturated carbocycles. The Bertz CT molecular complexity index is 940. The van der Waals surface area contributed by atoms with E-state index in [4.69, 9.17) is 0 Å². The standard InChI is InChI=1S/C26H41N3O3S/c1-20-11-15-27(16-12-20)18-23-8-6-13-28(19-23)26(30)25-17-24(10-9-21(25)2)33(31,32)29-14-5-4-7-22(29)3/h9-10,17,20,22-23H,4-8,11-16,18-19H2,1-3H3. The van der Waals surface area contributed by atoms with Gasteiger partial charge in [-0.25, -0.2) is 8.42 Å². The van der Waals surface area contributed by atoms with Crippen LogP contribution in [0.3, 0.4) is 0 Å². The topological polar surface area (TPSA) is 60.9 Å². The van der Waals surface area contributed by atoms with Crippen LogP contribution in [0.1, 0.15) is 74.7 Å². The Labute approximate surface area is 200 Å². The van der Waals surface area contributed by atoms with Gasteiger partial charge in [-0.1, -0.05) is 19.4 Å². The van der Waals surface area contributed by atoms with Gasteiger partial charge < -0.3 is 9.80 Å². The Hall–Kier alpha value is -1.44. The van der Waals surface area contributed by atoms with Gasteiger partial charge in [0.1, 0.15) is 0 Å². The maximum atomic E-state index is 13.5. The highest BCUT2D eigenvalue weighted by Crippen LogP contribution is 2.28. The predicted octanol–water partition coefficient (Wildman–Crippen LogP) is 4.14. The van der Waals surface area contributed by atoms with Gasteiger partial charge in [0.25, 0.3) is 5.91 Å². The van der Waals surface area contributed by atoms with E-state index in [2.05, 4.69) is 11.8 Å². The molecule has 0 radical (unpaired) electrons. The van der Waals surface area contributed by atoms with E-state index in [1.54, 1.807) is 22.5 Å². The van der Waals surface area contributed by atoms with E-state index in [9.17, 15) is 13.2 Å². The van der Waals surface area contributed by atoms with Crippen molar-refractivity contribution in [2.75, 3.05) is 39.3 Å². The molecule has 3 saturated heterocycles. The van der Waals surface area contributed by atoms with E-state index >= 15 is 0 Å². The molecular weight excluding hydrogens is 434 g/mol. The van der Waals surface area contributed by atoms with Crippen LogP contribution in [0, 0.1) is 18.8 Å². The molecule has 3 aliphatic heterocycles. The third kappa shape index (κ3) is 5.63. The molecule has 0 aromatic heterocycles. The summed E-state index contributed by atoms with van der Waals surface area (Å²) in [5, 5.41) is 0. The summed E-state index contributed by atoms with van der Waals surface area (Å²) in [5.41, 5.74) is 1.38. The number of sulfonamides is 1. The Morgan fingerprint density at radius 2 is 1.73 bits per heavy atom. The van der Waals surface area contributed by atoms with Crippen molar-refractivity contribution in [3.05, 3.63) is 29.3 Å². The third-order valence-electron chi connectivity index (χ3n) is 7.99. The molecule has 33 heavy (non-hydrogen) atoms.